The van der Waals surface area contributed by atoms with Gasteiger partial charge in [-0.1, -0.05) is 0 Å². The lowest BCUT2D eigenvalue weighted by molar-refractivity contribution is -0.134. The molecule has 0 saturated carbocycles. The number of piperazine rings is 1. The van der Waals surface area contributed by atoms with Crippen LogP contribution < -0.4 is 0 Å². The van der Waals surface area contributed by atoms with E-state index in [0.29, 0.717) is 11.8 Å². The van der Waals surface area contributed by atoms with Gasteiger partial charge in [0.25, 0.3) is 0 Å². The number of nitrogens with zero attached hydrogens (tertiary/aromatic N) is 3. The normalized spacial score (nSPS) is 21.7. The standard InChI is InChI=1S/C18H29N3OS/c1-15-3-4-17(23-15)14-20-7-5-16(6-8-20)13-18(22)21-11-9-19(2)10-12-21/h3-4,16H,5-14H2,1-2H3. The molecule has 2 fully saturated rings. The number of thiophene rings is 1. The number of carbonyl (C=O) groups excluding carboxylic acids is 1. The van der Waals surface area contributed by atoms with Crippen LogP contribution in [0.1, 0.15) is 29.0 Å². The average molecular weight is 336 g/mol. The van der Waals surface area contributed by atoms with Gasteiger partial charge in [0.05, 0.1) is 0 Å². The van der Waals surface area contributed by atoms with Crippen molar-refractivity contribution in [2.45, 2.75) is 32.7 Å². The Labute approximate surface area is 144 Å². The van der Waals surface area contributed by atoms with Crippen LogP contribution in [0.2, 0.25) is 0 Å². The van der Waals surface area contributed by atoms with Crippen LogP contribution in [0.25, 0.3) is 0 Å². The Hall–Kier alpha value is -0.910. The molecule has 0 radical (unpaired) electrons. The zero-order valence-corrected chi connectivity index (χ0v) is 15.3. The van der Waals surface area contributed by atoms with Gasteiger partial charge in [0.15, 0.2) is 0 Å². The first-order valence-electron chi connectivity index (χ1n) is 8.84. The predicted octanol–water partition coefficient (Wildman–Crippen LogP) is 2.43. The first-order chi connectivity index (χ1) is 11.1. The fraction of sp³-hybridized carbons (Fsp3) is 0.722. The monoisotopic (exact) mass is 335 g/mol. The lowest BCUT2D eigenvalue weighted by Gasteiger charge is -2.35. The summed E-state index contributed by atoms with van der Waals surface area (Å²) in [6, 6.07) is 4.46. The van der Waals surface area contributed by atoms with Crippen molar-refractivity contribution in [1.29, 1.82) is 0 Å². The number of aryl methyl sites for hydroxylation is 1. The molecule has 5 heteroatoms. The molecule has 2 saturated heterocycles. The number of rotatable bonds is 4. The van der Waals surface area contributed by atoms with Crippen LogP contribution in [-0.2, 0) is 11.3 Å². The molecule has 1 aromatic heterocycles. The maximum atomic E-state index is 12.4. The van der Waals surface area contributed by atoms with E-state index in [4.69, 9.17) is 0 Å². The molecule has 3 rings (SSSR count). The van der Waals surface area contributed by atoms with Gasteiger partial charge in [0.1, 0.15) is 0 Å². The number of piperidine rings is 1. The van der Waals surface area contributed by atoms with Gasteiger partial charge in [0, 0.05) is 48.9 Å². The molecule has 0 bridgehead atoms. The Morgan fingerprint density at radius 3 is 2.43 bits per heavy atom. The Morgan fingerprint density at radius 2 is 1.83 bits per heavy atom. The summed E-state index contributed by atoms with van der Waals surface area (Å²) >= 11 is 1.91. The zero-order valence-electron chi connectivity index (χ0n) is 14.5. The summed E-state index contributed by atoms with van der Waals surface area (Å²) < 4.78 is 0. The Morgan fingerprint density at radius 1 is 1.13 bits per heavy atom. The molecule has 0 N–H and O–H groups in total. The van der Waals surface area contributed by atoms with Crippen molar-refractivity contribution in [3.63, 3.8) is 0 Å². The molecule has 0 aromatic carbocycles. The first kappa shape index (κ1) is 16.9. The molecule has 2 aliphatic heterocycles. The van der Waals surface area contributed by atoms with Crippen LogP contribution in [0.3, 0.4) is 0 Å². The average Bonchev–Trinajstić information content (AvgIpc) is 2.95. The van der Waals surface area contributed by atoms with E-state index in [0.717, 1.165) is 52.2 Å². The van der Waals surface area contributed by atoms with Gasteiger partial charge in [-0.25, -0.2) is 0 Å². The maximum Gasteiger partial charge on any atom is 0.222 e. The van der Waals surface area contributed by atoms with Crippen LogP contribution in [0.5, 0.6) is 0 Å². The number of likely N-dealkylation sites (N-methyl/N-ethyl adjacent to an activating group) is 1. The second-order valence-electron chi connectivity index (χ2n) is 7.12. The number of hydrogen-bond acceptors (Lipinski definition) is 4. The summed E-state index contributed by atoms with van der Waals surface area (Å²) in [7, 11) is 2.13. The second-order valence-corrected chi connectivity index (χ2v) is 8.49. The highest BCUT2D eigenvalue weighted by Crippen LogP contribution is 2.24. The number of likely N-dealkylation sites (tertiary alicyclic amines) is 1. The van der Waals surface area contributed by atoms with Crippen molar-refractivity contribution in [2.75, 3.05) is 46.3 Å². The SMILES string of the molecule is Cc1ccc(CN2CCC(CC(=O)N3CCN(C)CC3)CC2)s1. The summed E-state index contributed by atoms with van der Waals surface area (Å²) in [6.45, 7) is 9.38. The van der Waals surface area contributed by atoms with E-state index in [1.807, 2.05) is 11.3 Å². The third kappa shape index (κ3) is 4.78. The van der Waals surface area contributed by atoms with E-state index >= 15 is 0 Å². The Balaban J connectivity index is 1.39. The molecule has 0 aliphatic carbocycles. The van der Waals surface area contributed by atoms with E-state index in [1.54, 1.807) is 0 Å². The summed E-state index contributed by atoms with van der Waals surface area (Å²) in [5.74, 6) is 0.967. The van der Waals surface area contributed by atoms with Crippen LogP contribution >= 0.6 is 11.3 Å². The van der Waals surface area contributed by atoms with Gasteiger partial charge in [-0.05, 0) is 58.0 Å². The molecular formula is C18H29N3OS. The third-order valence-electron chi connectivity index (χ3n) is 5.20. The first-order valence-corrected chi connectivity index (χ1v) is 9.66. The minimum absolute atomic E-state index is 0.380. The third-order valence-corrected chi connectivity index (χ3v) is 6.19. The minimum atomic E-state index is 0.380. The molecule has 0 atom stereocenters. The van der Waals surface area contributed by atoms with Crippen LogP contribution in [0, 0.1) is 12.8 Å². The number of hydrogen-bond donors (Lipinski definition) is 0. The quantitative estimate of drug-likeness (QED) is 0.845. The Bertz CT molecular complexity index is 514. The van der Waals surface area contributed by atoms with E-state index < -0.39 is 0 Å². The van der Waals surface area contributed by atoms with Gasteiger partial charge in [-0.15, -0.1) is 11.3 Å². The molecule has 0 unspecified atom stereocenters. The number of amides is 1. The largest absolute Gasteiger partial charge is 0.340 e. The van der Waals surface area contributed by atoms with Crippen LogP contribution in [0.4, 0.5) is 0 Å². The van der Waals surface area contributed by atoms with Gasteiger partial charge in [-0.2, -0.15) is 0 Å². The molecule has 1 amide bonds. The van der Waals surface area contributed by atoms with Gasteiger partial charge >= 0.3 is 0 Å². The van der Waals surface area contributed by atoms with Crippen molar-refractivity contribution in [3.8, 4) is 0 Å². The molecule has 0 spiro atoms. The fourth-order valence-electron chi connectivity index (χ4n) is 3.57. The molecular weight excluding hydrogens is 306 g/mol. The fourth-order valence-corrected chi connectivity index (χ4v) is 4.50. The van der Waals surface area contributed by atoms with Crippen molar-refractivity contribution in [3.05, 3.63) is 21.9 Å². The predicted molar refractivity (Wildman–Crippen MR) is 95.8 cm³/mol. The van der Waals surface area contributed by atoms with Gasteiger partial charge in [-0.3, -0.25) is 9.69 Å². The van der Waals surface area contributed by atoms with E-state index in [1.165, 1.54) is 22.6 Å². The van der Waals surface area contributed by atoms with Gasteiger partial charge < -0.3 is 9.80 Å². The summed E-state index contributed by atoms with van der Waals surface area (Å²) in [4.78, 5) is 22.2. The van der Waals surface area contributed by atoms with Crippen molar-refractivity contribution in [2.24, 2.45) is 5.92 Å². The van der Waals surface area contributed by atoms with Crippen molar-refractivity contribution >= 4 is 17.2 Å². The van der Waals surface area contributed by atoms with Crippen LogP contribution in [0.15, 0.2) is 12.1 Å². The topological polar surface area (TPSA) is 26.8 Å². The molecule has 23 heavy (non-hydrogen) atoms. The molecule has 1 aromatic rings. The molecule has 128 valence electrons. The van der Waals surface area contributed by atoms with E-state index in [-0.39, 0.29) is 0 Å². The highest BCUT2D eigenvalue weighted by Gasteiger charge is 2.25. The molecule has 4 nitrogen and oxygen atoms in total. The molecule has 3 heterocycles. The maximum absolute atomic E-state index is 12.4. The minimum Gasteiger partial charge on any atom is -0.340 e. The lowest BCUT2D eigenvalue weighted by atomic mass is 9.93. The Kier molecular flexibility index (Phi) is 5.72. The summed E-state index contributed by atoms with van der Waals surface area (Å²) in [5, 5.41) is 0. The smallest absolute Gasteiger partial charge is 0.222 e. The zero-order chi connectivity index (χ0) is 16.2. The highest BCUT2D eigenvalue weighted by atomic mass is 32.1. The summed E-state index contributed by atoms with van der Waals surface area (Å²) in [5.41, 5.74) is 0. The van der Waals surface area contributed by atoms with Crippen molar-refractivity contribution in [1.82, 2.24) is 14.7 Å². The highest BCUT2D eigenvalue weighted by molar-refractivity contribution is 7.11. The molecule has 2 aliphatic rings. The van der Waals surface area contributed by atoms with E-state index in [2.05, 4.69) is 40.8 Å². The van der Waals surface area contributed by atoms with E-state index in [9.17, 15) is 4.79 Å². The number of carbonyl (C=O) groups is 1. The van der Waals surface area contributed by atoms with Crippen molar-refractivity contribution < 1.29 is 4.79 Å². The second kappa shape index (κ2) is 7.77. The van der Waals surface area contributed by atoms with Crippen LogP contribution in [-0.4, -0.2) is 66.9 Å². The lowest BCUT2D eigenvalue weighted by Crippen LogP contribution is -2.47. The van der Waals surface area contributed by atoms with Gasteiger partial charge in [0.2, 0.25) is 5.91 Å². The summed E-state index contributed by atoms with van der Waals surface area (Å²) in [6.07, 6.45) is 3.10.